The third kappa shape index (κ3) is 7.10. The van der Waals surface area contributed by atoms with Crippen molar-refractivity contribution in [2.45, 2.75) is 63.6 Å². The fourth-order valence-electron chi connectivity index (χ4n) is 6.96. The zero-order valence-electron chi connectivity index (χ0n) is 23.4. The minimum Gasteiger partial charge on any atom is -0.353 e. The minimum atomic E-state index is -1.34. The van der Waals surface area contributed by atoms with E-state index in [1.54, 1.807) is 0 Å². The Morgan fingerprint density at radius 3 is 2.35 bits per heavy atom. The van der Waals surface area contributed by atoms with E-state index in [4.69, 9.17) is 23.2 Å². The molecule has 0 radical (unpaired) electrons. The summed E-state index contributed by atoms with van der Waals surface area (Å²) >= 11 is 12.7. The number of halogens is 2. The number of likely N-dealkylation sites (N-methyl/N-ethyl adjacent to an activating group) is 1. The first-order chi connectivity index (χ1) is 20.5. The number of hydrogen-bond acceptors (Lipinski definition) is 8. The molecule has 0 aromatic carbocycles. The molecule has 2 heterocycles. The first-order valence-electron chi connectivity index (χ1n) is 14.2. The molecule has 0 unspecified atom stereocenters. The van der Waals surface area contributed by atoms with Gasteiger partial charge < -0.3 is 25.8 Å². The number of hydrogen-bond donors (Lipinski definition) is 4. The van der Waals surface area contributed by atoms with E-state index < -0.39 is 35.1 Å². The van der Waals surface area contributed by atoms with Crippen LogP contribution < -0.4 is 26.8 Å². The number of aromatic nitrogens is 2. The molecule has 4 fully saturated rings. The summed E-state index contributed by atoms with van der Waals surface area (Å²) in [5.41, 5.74) is -0.947. The molecule has 2 aromatic heterocycles. The van der Waals surface area contributed by atoms with Crippen molar-refractivity contribution in [3.8, 4) is 0 Å². The fourth-order valence-corrected chi connectivity index (χ4v) is 8.27. The van der Waals surface area contributed by atoms with Crippen LogP contribution in [0, 0.1) is 23.7 Å². The van der Waals surface area contributed by atoms with Crippen LogP contribution >= 0.6 is 34.5 Å². The summed E-state index contributed by atoms with van der Waals surface area (Å²) in [5.74, 6) is -1.04. The number of rotatable bonds is 11. The van der Waals surface area contributed by atoms with E-state index in [0.717, 1.165) is 48.9 Å². The molecule has 4 amide bonds. The molecule has 43 heavy (non-hydrogen) atoms. The molecule has 0 saturated heterocycles. The average Bonchev–Trinajstić information content (AvgIpc) is 3.31. The molecule has 4 N–H and O–H groups in total. The molecule has 0 spiro atoms. The molecule has 12 nitrogen and oxygen atoms in total. The van der Waals surface area contributed by atoms with Crippen LogP contribution in [0.3, 0.4) is 0 Å². The molecule has 0 aliphatic heterocycles. The van der Waals surface area contributed by atoms with Crippen molar-refractivity contribution in [3.05, 3.63) is 43.2 Å². The third-order valence-corrected chi connectivity index (χ3v) is 10.0. The maximum Gasteiger partial charge on any atom is 0.287 e. The fraction of sp³-hybridized carbons (Fsp3) is 0.536. The van der Waals surface area contributed by atoms with Crippen molar-refractivity contribution in [1.29, 1.82) is 0 Å². The van der Waals surface area contributed by atoms with Gasteiger partial charge >= 0.3 is 0 Å². The van der Waals surface area contributed by atoms with Gasteiger partial charge in [-0.1, -0.05) is 34.5 Å². The van der Waals surface area contributed by atoms with Crippen molar-refractivity contribution in [1.82, 2.24) is 25.5 Å². The smallest absolute Gasteiger partial charge is 0.287 e. The Morgan fingerprint density at radius 1 is 1.07 bits per heavy atom. The predicted octanol–water partition coefficient (Wildman–Crippen LogP) is 2.38. The van der Waals surface area contributed by atoms with Crippen molar-refractivity contribution in [3.63, 3.8) is 0 Å². The van der Waals surface area contributed by atoms with E-state index in [2.05, 4.69) is 26.3 Å². The zero-order valence-corrected chi connectivity index (χ0v) is 25.7. The van der Waals surface area contributed by atoms with Gasteiger partial charge in [-0.25, -0.2) is 4.98 Å². The lowest BCUT2D eigenvalue weighted by atomic mass is 9.54. The highest BCUT2D eigenvalue weighted by molar-refractivity contribution is 7.19. The number of nitrogens with zero attached hydrogens (tertiary/aromatic N) is 2. The molecule has 4 aliphatic carbocycles. The maximum absolute atomic E-state index is 13.3. The number of ketones is 1. The van der Waals surface area contributed by atoms with Crippen LogP contribution in [0.4, 0.5) is 5.69 Å². The summed E-state index contributed by atoms with van der Waals surface area (Å²) in [6.07, 6.45) is 6.73. The second-order valence-electron chi connectivity index (χ2n) is 11.5. The van der Waals surface area contributed by atoms with Gasteiger partial charge in [-0.15, -0.1) is 0 Å². The van der Waals surface area contributed by atoms with E-state index in [-0.39, 0.29) is 51.5 Å². The van der Waals surface area contributed by atoms with Gasteiger partial charge in [0.1, 0.15) is 22.6 Å². The summed E-state index contributed by atoms with van der Waals surface area (Å²) < 4.78 is 1.23. The third-order valence-electron chi connectivity index (χ3n) is 8.68. The van der Waals surface area contributed by atoms with Crippen LogP contribution in [0.1, 0.15) is 55.4 Å². The topological polar surface area (TPSA) is 168 Å². The Kier molecular flexibility index (Phi) is 9.52. The lowest BCUT2D eigenvalue weighted by Crippen LogP contribution is -2.56. The Balaban J connectivity index is 1.25. The second kappa shape index (κ2) is 13.1. The molecule has 4 bridgehead atoms. The molecular weight excluding hydrogens is 619 g/mol. The number of anilines is 1. The zero-order chi connectivity index (χ0) is 30.8. The largest absolute Gasteiger partial charge is 0.353 e. The summed E-state index contributed by atoms with van der Waals surface area (Å²) in [6, 6.07) is 1.68. The van der Waals surface area contributed by atoms with Gasteiger partial charge in [-0.05, 0) is 74.3 Å². The molecule has 4 saturated carbocycles. The van der Waals surface area contributed by atoms with Crippen LogP contribution in [-0.4, -0.2) is 58.1 Å². The Morgan fingerprint density at radius 2 is 1.74 bits per heavy atom. The van der Waals surface area contributed by atoms with Crippen LogP contribution in [-0.2, 0) is 25.7 Å². The lowest BCUT2D eigenvalue weighted by molar-refractivity contribution is -0.137. The Hall–Kier alpha value is -3.29. The lowest BCUT2D eigenvalue weighted by Gasteiger charge is -2.54. The van der Waals surface area contributed by atoms with Crippen molar-refractivity contribution in [2.75, 3.05) is 12.4 Å². The number of carbonyl (C=O) groups excluding carboxylic acids is 5. The molecule has 15 heteroatoms. The summed E-state index contributed by atoms with van der Waals surface area (Å²) in [5, 5.41) is 10.3. The number of pyridine rings is 1. The number of Topliss-reactive ketones (excluding diaryl/α,β-unsaturated/α-hetero) is 1. The number of amides is 4. The van der Waals surface area contributed by atoms with Crippen LogP contribution in [0.5, 0.6) is 0 Å². The van der Waals surface area contributed by atoms with Crippen molar-refractivity contribution in [2.24, 2.45) is 23.7 Å². The number of carbonyl (C=O) groups is 5. The standard InChI is InChI=1S/C28H32Cl2N6O6S/c1-31-25(40)19(37)5-4-17(32-26(41)22-23(29)43-28(30)35-22)24(39)33-18-3-2-6-36(27(18)42)12-20(38)34-21-15-8-13-7-14(10-15)11-16(21)9-13/h2-3,6,13-17,21H,4-5,7-12H2,1H3,(H,31,40)(H,32,41)(H,33,39)(H,34,38)/t13?,14?,15?,16?,17-,21?/m0/s1. The minimum absolute atomic E-state index is 0.000902. The van der Waals surface area contributed by atoms with Gasteiger partial charge in [0.15, 0.2) is 10.2 Å². The predicted molar refractivity (Wildman–Crippen MR) is 160 cm³/mol. The van der Waals surface area contributed by atoms with Crippen LogP contribution in [0.25, 0.3) is 0 Å². The average molecular weight is 652 g/mol. The summed E-state index contributed by atoms with van der Waals surface area (Å²) in [6.45, 7) is -0.213. The highest BCUT2D eigenvalue weighted by atomic mass is 35.5. The highest BCUT2D eigenvalue weighted by Crippen LogP contribution is 2.53. The first-order valence-corrected chi connectivity index (χ1v) is 15.8. The van der Waals surface area contributed by atoms with Crippen molar-refractivity contribution < 1.29 is 24.0 Å². The SMILES string of the molecule is CNC(=O)C(=O)CC[C@H](NC(=O)c1nc(Cl)sc1Cl)C(=O)Nc1cccn(CC(=O)NC2C3CC4CC(C3)CC2C4)c1=O. The van der Waals surface area contributed by atoms with E-state index in [1.807, 2.05) is 0 Å². The summed E-state index contributed by atoms with van der Waals surface area (Å²) in [7, 11) is 1.30. The Labute approximate surface area is 261 Å². The molecule has 230 valence electrons. The maximum atomic E-state index is 13.3. The normalized spacial score (nSPS) is 24.2. The van der Waals surface area contributed by atoms with E-state index >= 15 is 0 Å². The second-order valence-corrected chi connectivity index (χ2v) is 13.7. The molecule has 2 aromatic rings. The Bertz CT molecular complexity index is 1480. The van der Waals surface area contributed by atoms with Gasteiger partial charge in [-0.3, -0.25) is 28.8 Å². The highest BCUT2D eigenvalue weighted by Gasteiger charge is 2.48. The monoisotopic (exact) mass is 650 g/mol. The van der Waals surface area contributed by atoms with Crippen LogP contribution in [0.2, 0.25) is 8.80 Å². The van der Waals surface area contributed by atoms with Crippen LogP contribution in [0.15, 0.2) is 23.1 Å². The number of thiazole rings is 1. The number of nitrogens with one attached hydrogen (secondary N) is 4. The van der Waals surface area contributed by atoms with E-state index in [9.17, 15) is 28.8 Å². The van der Waals surface area contributed by atoms with Gasteiger partial charge in [-0.2, -0.15) is 0 Å². The summed E-state index contributed by atoms with van der Waals surface area (Å²) in [4.78, 5) is 79.9. The molecule has 6 rings (SSSR count). The van der Waals surface area contributed by atoms with Gasteiger partial charge in [0.2, 0.25) is 17.6 Å². The van der Waals surface area contributed by atoms with E-state index in [0.29, 0.717) is 11.8 Å². The molecule has 1 atom stereocenters. The van der Waals surface area contributed by atoms with Crippen molar-refractivity contribution >= 4 is 69.6 Å². The van der Waals surface area contributed by atoms with E-state index in [1.165, 1.54) is 36.4 Å². The van der Waals surface area contributed by atoms with Gasteiger partial charge in [0.05, 0.1) is 0 Å². The van der Waals surface area contributed by atoms with Gasteiger partial charge in [0, 0.05) is 25.7 Å². The first kappa shape index (κ1) is 31.1. The quantitative estimate of drug-likeness (QED) is 0.271. The van der Waals surface area contributed by atoms with Gasteiger partial charge in [0.25, 0.3) is 17.4 Å². The molecular formula is C28H32Cl2N6O6S. The molecule has 4 aliphatic rings.